The van der Waals surface area contributed by atoms with E-state index in [1.54, 1.807) is 0 Å². The second-order valence-electron chi connectivity index (χ2n) is 7.03. The Labute approximate surface area is 176 Å². The van der Waals surface area contributed by atoms with Gasteiger partial charge in [0.1, 0.15) is 0 Å². The minimum Gasteiger partial charge on any atom is -0.454 e. The number of para-hydroxylation sites is 2. The monoisotopic (exact) mass is 412 g/mol. The molecule has 1 aliphatic rings. The number of imidazole rings is 2. The quantitative estimate of drug-likeness (QED) is 0.469. The van der Waals surface area contributed by atoms with E-state index in [1.807, 2.05) is 18.2 Å². The first-order valence-electron chi connectivity index (χ1n) is 9.87. The maximum absolute atomic E-state index is 5.53. The normalized spacial score (nSPS) is 12.8. The van der Waals surface area contributed by atoms with E-state index < -0.39 is 0 Å². The van der Waals surface area contributed by atoms with E-state index in [0.717, 1.165) is 54.7 Å². The first kappa shape index (κ1) is 19.6. The molecule has 2 aromatic heterocycles. The lowest BCUT2D eigenvalue weighted by Crippen LogP contribution is -2.27. The summed E-state index contributed by atoms with van der Waals surface area (Å²) in [4.78, 5) is 7.42. The second kappa shape index (κ2) is 7.97. The summed E-state index contributed by atoms with van der Waals surface area (Å²) in [5.41, 5.74) is 4.37. The molecule has 5 rings (SSSR count). The SMILES string of the molecule is CCN(CC)CCn1c2ccccc2n2cc(-c3ccc4c(c3)OCO4)nc12.Cl. The van der Waals surface area contributed by atoms with E-state index in [0.29, 0.717) is 0 Å². The van der Waals surface area contributed by atoms with Crippen LogP contribution in [0, 0.1) is 0 Å². The number of ether oxygens (including phenoxy) is 2. The van der Waals surface area contributed by atoms with Crippen molar-refractivity contribution in [3.05, 3.63) is 48.7 Å². The Bertz CT molecular complexity index is 1150. The van der Waals surface area contributed by atoms with E-state index in [-0.39, 0.29) is 19.2 Å². The fourth-order valence-electron chi connectivity index (χ4n) is 3.94. The van der Waals surface area contributed by atoms with Crippen LogP contribution in [0.2, 0.25) is 0 Å². The van der Waals surface area contributed by atoms with Crippen molar-refractivity contribution in [1.29, 1.82) is 0 Å². The molecule has 0 saturated heterocycles. The van der Waals surface area contributed by atoms with Crippen LogP contribution in [0.1, 0.15) is 13.8 Å². The molecule has 0 unspecified atom stereocenters. The molecule has 6 nitrogen and oxygen atoms in total. The number of hydrogen-bond donors (Lipinski definition) is 0. The summed E-state index contributed by atoms with van der Waals surface area (Å²) in [5, 5.41) is 0. The summed E-state index contributed by atoms with van der Waals surface area (Å²) >= 11 is 0. The maximum atomic E-state index is 5.53. The van der Waals surface area contributed by atoms with Gasteiger partial charge in [0.2, 0.25) is 12.6 Å². The van der Waals surface area contributed by atoms with E-state index in [2.05, 4.69) is 58.2 Å². The summed E-state index contributed by atoms with van der Waals surface area (Å²) in [6.07, 6.45) is 2.11. The molecule has 0 atom stereocenters. The van der Waals surface area contributed by atoms with Crippen LogP contribution in [0.5, 0.6) is 11.5 Å². The Morgan fingerprint density at radius 1 is 1.00 bits per heavy atom. The Balaban J connectivity index is 0.00000205. The van der Waals surface area contributed by atoms with Crippen LogP contribution < -0.4 is 9.47 Å². The zero-order chi connectivity index (χ0) is 19.1. The lowest BCUT2D eigenvalue weighted by atomic mass is 10.1. The molecule has 7 heteroatoms. The Morgan fingerprint density at radius 3 is 2.55 bits per heavy atom. The van der Waals surface area contributed by atoms with Crippen LogP contribution >= 0.6 is 12.4 Å². The predicted molar refractivity (Wildman–Crippen MR) is 117 cm³/mol. The second-order valence-corrected chi connectivity index (χ2v) is 7.03. The molecule has 1 aliphatic heterocycles. The molecule has 0 spiro atoms. The Hall–Kier alpha value is -2.70. The van der Waals surface area contributed by atoms with Crippen molar-refractivity contribution in [2.45, 2.75) is 20.4 Å². The molecule has 0 radical (unpaired) electrons. The molecule has 152 valence electrons. The van der Waals surface area contributed by atoms with Gasteiger partial charge in [-0.25, -0.2) is 4.98 Å². The number of likely N-dealkylation sites (N-methyl/N-ethyl adjacent to an activating group) is 1. The van der Waals surface area contributed by atoms with Crippen molar-refractivity contribution in [1.82, 2.24) is 18.9 Å². The maximum Gasteiger partial charge on any atom is 0.231 e. The van der Waals surface area contributed by atoms with Gasteiger partial charge >= 0.3 is 0 Å². The molecular formula is C22H25ClN4O2. The van der Waals surface area contributed by atoms with Gasteiger partial charge in [0.25, 0.3) is 0 Å². The number of fused-ring (bicyclic) bond motifs is 4. The smallest absolute Gasteiger partial charge is 0.231 e. The van der Waals surface area contributed by atoms with Crippen molar-refractivity contribution in [3.63, 3.8) is 0 Å². The highest BCUT2D eigenvalue weighted by atomic mass is 35.5. The number of rotatable bonds is 6. The van der Waals surface area contributed by atoms with Crippen molar-refractivity contribution in [2.75, 3.05) is 26.4 Å². The van der Waals surface area contributed by atoms with Crippen LogP contribution in [0.3, 0.4) is 0 Å². The van der Waals surface area contributed by atoms with E-state index in [9.17, 15) is 0 Å². The van der Waals surface area contributed by atoms with Gasteiger partial charge < -0.3 is 18.9 Å². The molecule has 0 amide bonds. The van der Waals surface area contributed by atoms with Gasteiger partial charge in [0, 0.05) is 24.8 Å². The molecule has 0 bridgehead atoms. The highest BCUT2D eigenvalue weighted by Gasteiger charge is 2.18. The molecule has 0 fully saturated rings. The number of benzene rings is 2. The van der Waals surface area contributed by atoms with Crippen molar-refractivity contribution >= 4 is 29.2 Å². The first-order chi connectivity index (χ1) is 13.8. The minimum absolute atomic E-state index is 0. The molecule has 29 heavy (non-hydrogen) atoms. The fourth-order valence-corrected chi connectivity index (χ4v) is 3.94. The third-order valence-corrected chi connectivity index (χ3v) is 5.56. The summed E-state index contributed by atoms with van der Waals surface area (Å²) in [5.74, 6) is 2.55. The molecule has 0 aliphatic carbocycles. The average molecular weight is 413 g/mol. The van der Waals surface area contributed by atoms with Crippen LogP contribution in [-0.4, -0.2) is 45.3 Å². The number of halogens is 1. The molecule has 4 aromatic rings. The van der Waals surface area contributed by atoms with Crippen molar-refractivity contribution < 1.29 is 9.47 Å². The molecule has 3 heterocycles. The average Bonchev–Trinajstić information content (AvgIpc) is 3.43. The molecular weight excluding hydrogens is 388 g/mol. The van der Waals surface area contributed by atoms with Gasteiger partial charge in [-0.2, -0.15) is 0 Å². The van der Waals surface area contributed by atoms with E-state index in [4.69, 9.17) is 14.5 Å². The van der Waals surface area contributed by atoms with Crippen molar-refractivity contribution in [3.8, 4) is 22.8 Å². The van der Waals surface area contributed by atoms with E-state index >= 15 is 0 Å². The summed E-state index contributed by atoms with van der Waals surface area (Å²) in [6.45, 7) is 8.74. The third-order valence-electron chi connectivity index (χ3n) is 5.56. The van der Waals surface area contributed by atoms with Gasteiger partial charge in [-0.1, -0.05) is 26.0 Å². The van der Waals surface area contributed by atoms with Gasteiger partial charge in [-0.05, 0) is 43.4 Å². The number of nitrogens with zero attached hydrogens (tertiary/aromatic N) is 4. The summed E-state index contributed by atoms with van der Waals surface area (Å²) < 4.78 is 15.5. The van der Waals surface area contributed by atoms with E-state index in [1.165, 1.54) is 11.0 Å². The van der Waals surface area contributed by atoms with Crippen LogP contribution in [-0.2, 0) is 6.54 Å². The van der Waals surface area contributed by atoms with Gasteiger partial charge in [0.15, 0.2) is 11.5 Å². The minimum atomic E-state index is 0. The third kappa shape index (κ3) is 3.32. The highest BCUT2D eigenvalue weighted by molar-refractivity contribution is 5.85. The van der Waals surface area contributed by atoms with Gasteiger partial charge in [-0.3, -0.25) is 4.40 Å². The molecule has 0 saturated carbocycles. The van der Waals surface area contributed by atoms with Crippen LogP contribution in [0.25, 0.3) is 28.1 Å². The standard InChI is InChI=1S/C22H24N4O2.ClH/c1-3-24(4-2)11-12-25-18-7-5-6-8-19(18)26-14-17(23-22(25)26)16-9-10-20-21(13-16)28-15-27-20;/h5-10,13-14H,3-4,11-12,15H2,1-2H3;1H. The summed E-state index contributed by atoms with van der Waals surface area (Å²) in [6, 6.07) is 14.5. The zero-order valence-corrected chi connectivity index (χ0v) is 17.5. The van der Waals surface area contributed by atoms with Crippen molar-refractivity contribution in [2.24, 2.45) is 0 Å². The number of aromatic nitrogens is 3. The molecule has 2 aromatic carbocycles. The molecule has 0 N–H and O–H groups in total. The van der Waals surface area contributed by atoms with Gasteiger partial charge in [0.05, 0.1) is 16.7 Å². The topological polar surface area (TPSA) is 43.9 Å². The summed E-state index contributed by atoms with van der Waals surface area (Å²) in [7, 11) is 0. The first-order valence-corrected chi connectivity index (χ1v) is 9.87. The van der Waals surface area contributed by atoms with Crippen LogP contribution in [0.15, 0.2) is 48.7 Å². The lowest BCUT2D eigenvalue weighted by molar-refractivity contribution is 0.174. The largest absolute Gasteiger partial charge is 0.454 e. The fraction of sp³-hybridized carbons (Fsp3) is 0.318. The predicted octanol–water partition coefficient (Wildman–Crippen LogP) is 4.45. The number of hydrogen-bond acceptors (Lipinski definition) is 4. The Morgan fingerprint density at radius 2 is 1.76 bits per heavy atom. The highest BCUT2D eigenvalue weighted by Crippen LogP contribution is 2.36. The van der Waals surface area contributed by atoms with Crippen LogP contribution in [0.4, 0.5) is 0 Å². The lowest BCUT2D eigenvalue weighted by Gasteiger charge is -2.18. The Kier molecular flexibility index (Phi) is 5.39. The zero-order valence-electron chi connectivity index (χ0n) is 16.7. The van der Waals surface area contributed by atoms with Gasteiger partial charge in [-0.15, -0.1) is 12.4 Å².